The van der Waals surface area contributed by atoms with Crippen LogP contribution in [0.2, 0.25) is 0 Å². The number of ether oxygens (including phenoxy) is 1. The zero-order valence-corrected chi connectivity index (χ0v) is 19.9. The monoisotopic (exact) mass is 497 g/mol. The fourth-order valence-electron chi connectivity index (χ4n) is 4.29. The van der Waals surface area contributed by atoms with Crippen molar-refractivity contribution < 1.29 is 13.9 Å². The number of halogens is 1. The van der Waals surface area contributed by atoms with Crippen molar-refractivity contribution in [3.63, 3.8) is 0 Å². The van der Waals surface area contributed by atoms with Gasteiger partial charge in [0.2, 0.25) is 0 Å². The Morgan fingerprint density at radius 3 is 2.69 bits per heavy atom. The first-order valence-electron chi connectivity index (χ1n) is 11.1. The molecule has 1 fully saturated rings. The van der Waals surface area contributed by atoms with Crippen molar-refractivity contribution in [1.82, 2.24) is 4.90 Å². The molecule has 3 aromatic rings. The highest BCUT2D eigenvalue weighted by Gasteiger charge is 2.20. The molecule has 6 heteroatoms. The molecule has 32 heavy (non-hydrogen) atoms. The average Bonchev–Trinajstić information content (AvgIpc) is 2.79. The fourth-order valence-corrected chi connectivity index (χ4v) is 4.65. The molecule has 5 nitrogen and oxygen atoms in total. The van der Waals surface area contributed by atoms with E-state index in [2.05, 4.69) is 39.0 Å². The van der Waals surface area contributed by atoms with E-state index in [1.54, 1.807) is 0 Å². The maximum Gasteiger partial charge on any atom is 0.192 e. The number of ketones is 1. The van der Waals surface area contributed by atoms with Crippen molar-refractivity contribution in [2.45, 2.75) is 32.6 Å². The summed E-state index contributed by atoms with van der Waals surface area (Å²) in [6.07, 6.45) is 5.74. The number of hydrogen-bond acceptors (Lipinski definition) is 5. The number of rotatable bonds is 8. The highest BCUT2D eigenvalue weighted by Crippen LogP contribution is 2.29. The largest absolute Gasteiger partial charge is 0.485 e. The fraction of sp³-hybridized carbons (Fsp3) is 0.385. The maximum atomic E-state index is 12.0. The minimum absolute atomic E-state index is 0.0108. The van der Waals surface area contributed by atoms with E-state index in [1.807, 2.05) is 18.2 Å². The Morgan fingerprint density at radius 1 is 1.12 bits per heavy atom. The molecule has 4 rings (SSSR count). The van der Waals surface area contributed by atoms with Crippen molar-refractivity contribution in [2.75, 3.05) is 26.2 Å². The molecule has 1 saturated heterocycles. The lowest BCUT2D eigenvalue weighted by molar-refractivity contribution is -0.118. The van der Waals surface area contributed by atoms with Crippen LogP contribution in [-0.2, 0) is 17.6 Å². The Bertz CT molecular complexity index is 1150. The van der Waals surface area contributed by atoms with Gasteiger partial charge >= 0.3 is 0 Å². The van der Waals surface area contributed by atoms with Gasteiger partial charge in [0, 0.05) is 12.6 Å². The van der Waals surface area contributed by atoms with Crippen molar-refractivity contribution >= 4 is 32.7 Å². The number of likely N-dealkylation sites (tertiary alicyclic amines) is 1. The lowest BCUT2D eigenvalue weighted by Gasteiger charge is -2.32. The Hall–Kier alpha value is -2.44. The Kier molecular flexibility index (Phi) is 7.43. The predicted molar refractivity (Wildman–Crippen MR) is 129 cm³/mol. The summed E-state index contributed by atoms with van der Waals surface area (Å²) in [5.74, 6) is 1.40. The third-order valence-corrected chi connectivity index (χ3v) is 6.75. The summed E-state index contributed by atoms with van der Waals surface area (Å²) in [7, 11) is 0. The van der Waals surface area contributed by atoms with Gasteiger partial charge in [0.25, 0.3) is 0 Å². The molecule has 0 atom stereocenters. The smallest absolute Gasteiger partial charge is 0.192 e. The molecule has 0 unspecified atom stereocenters. The quantitative estimate of drug-likeness (QED) is 0.437. The van der Waals surface area contributed by atoms with Gasteiger partial charge in [-0.05, 0) is 103 Å². The van der Waals surface area contributed by atoms with Gasteiger partial charge in [0.05, 0.1) is 16.1 Å². The predicted octanol–water partition coefficient (Wildman–Crippen LogP) is 5.02. The number of carbonyl (C=O) groups excluding carboxylic acids is 1. The van der Waals surface area contributed by atoms with Crippen LogP contribution in [0.5, 0.6) is 5.75 Å². The van der Waals surface area contributed by atoms with Gasteiger partial charge in [-0.15, -0.1) is 0 Å². The number of carbonyl (C=O) groups is 1. The molecule has 0 radical (unpaired) electrons. The van der Waals surface area contributed by atoms with Crippen LogP contribution in [0, 0.1) is 5.92 Å². The molecule has 0 amide bonds. The molecule has 1 aromatic heterocycles. The van der Waals surface area contributed by atoms with Crippen LogP contribution in [0.4, 0.5) is 0 Å². The SMILES string of the molecule is CC(=O)COc1cc(CC2CCN(CCc3ccc4occc(=O)c4c3)CC2)ccc1Br. The number of fused-ring (bicyclic) bond motifs is 1. The minimum atomic E-state index is 0.0108. The third kappa shape index (κ3) is 5.87. The summed E-state index contributed by atoms with van der Waals surface area (Å²) in [6.45, 7) is 4.80. The van der Waals surface area contributed by atoms with E-state index in [0.29, 0.717) is 16.9 Å². The first kappa shape index (κ1) is 22.7. The first-order valence-corrected chi connectivity index (χ1v) is 11.9. The number of nitrogens with zero attached hydrogens (tertiary/aromatic N) is 1. The summed E-state index contributed by atoms with van der Waals surface area (Å²) in [6, 6.07) is 13.6. The second kappa shape index (κ2) is 10.5. The number of piperidine rings is 1. The molecular weight excluding hydrogens is 470 g/mol. The molecule has 0 bridgehead atoms. The molecule has 2 aromatic carbocycles. The van der Waals surface area contributed by atoms with Crippen LogP contribution >= 0.6 is 15.9 Å². The third-order valence-electron chi connectivity index (χ3n) is 6.10. The summed E-state index contributed by atoms with van der Waals surface area (Å²) in [4.78, 5) is 25.8. The lowest BCUT2D eigenvalue weighted by atomic mass is 9.90. The molecule has 1 aliphatic heterocycles. The van der Waals surface area contributed by atoms with E-state index in [4.69, 9.17) is 9.15 Å². The Morgan fingerprint density at radius 2 is 1.91 bits per heavy atom. The van der Waals surface area contributed by atoms with E-state index < -0.39 is 0 Å². The normalized spacial score (nSPS) is 15.2. The molecular formula is C26H28BrNO4. The number of benzene rings is 2. The van der Waals surface area contributed by atoms with Crippen molar-refractivity contribution in [3.05, 3.63) is 74.6 Å². The van der Waals surface area contributed by atoms with E-state index in [9.17, 15) is 9.59 Å². The average molecular weight is 498 g/mol. The van der Waals surface area contributed by atoms with Gasteiger partial charge < -0.3 is 14.1 Å². The standard InChI is InChI=1S/C26H28BrNO4/c1-18(29)17-32-26-16-21(2-4-23(26)27)14-20-7-11-28(12-8-20)10-6-19-3-5-25-22(15-19)24(30)9-13-31-25/h2-5,9,13,15-16,20H,6-8,10-12,14,17H2,1H3. The van der Waals surface area contributed by atoms with Crippen molar-refractivity contribution in [3.8, 4) is 5.75 Å². The highest BCUT2D eigenvalue weighted by molar-refractivity contribution is 9.10. The number of Topliss-reactive ketones (excluding diaryl/α,β-unsaturated/α-hetero) is 1. The second-order valence-corrected chi connectivity index (χ2v) is 9.46. The molecule has 1 aliphatic rings. The molecule has 0 N–H and O–H groups in total. The zero-order valence-electron chi connectivity index (χ0n) is 18.3. The second-order valence-electron chi connectivity index (χ2n) is 8.61. The summed E-state index contributed by atoms with van der Waals surface area (Å²) < 4.78 is 11.9. The van der Waals surface area contributed by atoms with Gasteiger partial charge in [-0.25, -0.2) is 0 Å². The molecule has 0 aliphatic carbocycles. The Balaban J connectivity index is 1.27. The molecule has 2 heterocycles. The summed E-state index contributed by atoms with van der Waals surface area (Å²) in [5, 5.41) is 0.657. The van der Waals surface area contributed by atoms with Crippen LogP contribution < -0.4 is 10.2 Å². The van der Waals surface area contributed by atoms with Crippen LogP contribution in [0.3, 0.4) is 0 Å². The highest BCUT2D eigenvalue weighted by atomic mass is 79.9. The van der Waals surface area contributed by atoms with E-state index in [1.165, 1.54) is 43.2 Å². The van der Waals surface area contributed by atoms with E-state index in [-0.39, 0.29) is 17.8 Å². The molecule has 0 spiro atoms. The Labute approximate surface area is 196 Å². The molecule has 0 saturated carbocycles. The van der Waals surface area contributed by atoms with Crippen LogP contribution in [-0.4, -0.2) is 36.9 Å². The van der Waals surface area contributed by atoms with Crippen molar-refractivity contribution in [1.29, 1.82) is 0 Å². The molecule has 168 valence electrons. The number of hydrogen-bond donors (Lipinski definition) is 0. The van der Waals surface area contributed by atoms with Gasteiger partial charge in [-0.1, -0.05) is 12.1 Å². The minimum Gasteiger partial charge on any atom is -0.485 e. The summed E-state index contributed by atoms with van der Waals surface area (Å²) >= 11 is 3.50. The first-order chi connectivity index (χ1) is 15.5. The van der Waals surface area contributed by atoms with Crippen LogP contribution in [0.1, 0.15) is 30.9 Å². The topological polar surface area (TPSA) is 59.8 Å². The van der Waals surface area contributed by atoms with Crippen molar-refractivity contribution in [2.24, 2.45) is 5.92 Å². The summed E-state index contributed by atoms with van der Waals surface area (Å²) in [5.41, 5.74) is 3.08. The zero-order chi connectivity index (χ0) is 22.5. The van der Waals surface area contributed by atoms with Crippen LogP contribution in [0.25, 0.3) is 11.0 Å². The van der Waals surface area contributed by atoms with Crippen LogP contribution in [0.15, 0.2) is 62.4 Å². The lowest BCUT2D eigenvalue weighted by Crippen LogP contribution is -2.35. The van der Waals surface area contributed by atoms with Gasteiger partial charge in [0.1, 0.15) is 17.9 Å². The van der Waals surface area contributed by atoms with Gasteiger partial charge in [-0.3, -0.25) is 9.59 Å². The maximum absolute atomic E-state index is 12.0. The van der Waals surface area contributed by atoms with E-state index >= 15 is 0 Å². The van der Waals surface area contributed by atoms with Gasteiger partial charge in [0.15, 0.2) is 11.2 Å². The van der Waals surface area contributed by atoms with E-state index in [0.717, 1.165) is 42.7 Å². The van der Waals surface area contributed by atoms with Gasteiger partial charge in [-0.2, -0.15) is 0 Å².